The van der Waals surface area contributed by atoms with Gasteiger partial charge in [-0.25, -0.2) is 0 Å². The van der Waals surface area contributed by atoms with E-state index in [9.17, 15) is 0 Å². The van der Waals surface area contributed by atoms with Gasteiger partial charge in [-0.15, -0.1) is 0 Å². The van der Waals surface area contributed by atoms with Gasteiger partial charge in [0, 0.05) is 18.6 Å². The minimum atomic E-state index is -0.253. The second-order valence-corrected chi connectivity index (χ2v) is 2.40. The Morgan fingerprint density at radius 1 is 1.36 bits per heavy atom. The lowest BCUT2D eigenvalue weighted by atomic mass is 10.2. The molecule has 0 aliphatic carbocycles. The molecule has 0 saturated carbocycles. The van der Waals surface area contributed by atoms with Gasteiger partial charge in [0.05, 0.1) is 11.9 Å². The summed E-state index contributed by atoms with van der Waals surface area (Å²) in [5.41, 5.74) is 11.7. The third kappa shape index (κ3) is 3.06. The molecule has 0 amide bonds. The van der Waals surface area contributed by atoms with Crippen LogP contribution >= 0.6 is 0 Å². The maximum absolute atomic E-state index is 5.37. The maximum atomic E-state index is 5.37. The van der Waals surface area contributed by atoms with Crippen molar-refractivity contribution in [2.45, 2.75) is 19.0 Å². The van der Waals surface area contributed by atoms with Gasteiger partial charge >= 0.3 is 0 Å². The number of aromatic nitrogens is 2. The topological polar surface area (TPSA) is 77.8 Å². The molecule has 0 radical (unpaired) electrons. The first kappa shape index (κ1) is 8.10. The lowest BCUT2D eigenvalue weighted by Gasteiger charge is -2.02. The highest BCUT2D eigenvalue weighted by Gasteiger charge is 1.96. The van der Waals surface area contributed by atoms with E-state index in [0.29, 0.717) is 0 Å². The van der Waals surface area contributed by atoms with E-state index in [1.165, 1.54) is 0 Å². The van der Waals surface area contributed by atoms with Crippen LogP contribution in [0.15, 0.2) is 18.6 Å². The minimum absolute atomic E-state index is 0.253. The molecule has 0 atom stereocenters. The molecular formula is C7H12N4. The Morgan fingerprint density at radius 2 is 2.18 bits per heavy atom. The summed E-state index contributed by atoms with van der Waals surface area (Å²) in [4.78, 5) is 8.00. The highest BCUT2D eigenvalue weighted by molar-refractivity contribution is 4.94. The van der Waals surface area contributed by atoms with Crippen molar-refractivity contribution in [1.29, 1.82) is 0 Å². The third-order valence-corrected chi connectivity index (χ3v) is 1.35. The third-order valence-electron chi connectivity index (χ3n) is 1.35. The SMILES string of the molecule is NC(N)CCc1cnccn1. The largest absolute Gasteiger partial charge is 0.316 e. The molecule has 0 saturated heterocycles. The second kappa shape index (κ2) is 4.00. The van der Waals surface area contributed by atoms with Crippen LogP contribution in [-0.4, -0.2) is 16.1 Å². The molecule has 0 spiro atoms. The molecule has 0 aliphatic heterocycles. The van der Waals surface area contributed by atoms with Crippen molar-refractivity contribution < 1.29 is 0 Å². The first-order valence-corrected chi connectivity index (χ1v) is 3.55. The minimum Gasteiger partial charge on any atom is -0.316 e. The fraction of sp³-hybridized carbons (Fsp3) is 0.429. The molecule has 0 aromatic carbocycles. The molecule has 4 heteroatoms. The van der Waals surface area contributed by atoms with Crippen molar-refractivity contribution in [2.24, 2.45) is 11.5 Å². The quantitative estimate of drug-likeness (QED) is 0.580. The fourth-order valence-electron chi connectivity index (χ4n) is 0.774. The fourth-order valence-corrected chi connectivity index (χ4v) is 0.774. The summed E-state index contributed by atoms with van der Waals surface area (Å²) in [6, 6.07) is 0. The molecule has 0 unspecified atom stereocenters. The van der Waals surface area contributed by atoms with Crippen molar-refractivity contribution >= 4 is 0 Å². The predicted octanol–water partition coefficient (Wildman–Crippen LogP) is -0.347. The first-order valence-electron chi connectivity index (χ1n) is 3.55. The maximum Gasteiger partial charge on any atom is 0.0587 e. The van der Waals surface area contributed by atoms with Crippen LogP contribution in [0, 0.1) is 0 Å². The van der Waals surface area contributed by atoms with Gasteiger partial charge in [0.1, 0.15) is 0 Å². The van der Waals surface area contributed by atoms with E-state index in [-0.39, 0.29) is 6.17 Å². The number of hydrogen-bond donors (Lipinski definition) is 2. The van der Waals surface area contributed by atoms with Gasteiger partial charge in [0.25, 0.3) is 0 Å². The number of aryl methyl sites for hydroxylation is 1. The second-order valence-electron chi connectivity index (χ2n) is 2.40. The Kier molecular flexibility index (Phi) is 2.95. The molecule has 0 aliphatic rings. The zero-order chi connectivity index (χ0) is 8.10. The van der Waals surface area contributed by atoms with E-state index in [2.05, 4.69) is 9.97 Å². The van der Waals surface area contributed by atoms with Crippen LogP contribution < -0.4 is 11.5 Å². The highest BCUT2D eigenvalue weighted by atomic mass is 14.8. The Hall–Kier alpha value is -1.00. The van der Waals surface area contributed by atoms with Gasteiger partial charge in [-0.3, -0.25) is 9.97 Å². The Morgan fingerprint density at radius 3 is 2.73 bits per heavy atom. The van der Waals surface area contributed by atoms with Gasteiger partial charge in [-0.2, -0.15) is 0 Å². The van der Waals surface area contributed by atoms with Gasteiger partial charge in [-0.1, -0.05) is 0 Å². The van der Waals surface area contributed by atoms with Crippen LogP contribution in [-0.2, 0) is 6.42 Å². The van der Waals surface area contributed by atoms with Gasteiger partial charge < -0.3 is 11.5 Å². The molecule has 1 heterocycles. The van der Waals surface area contributed by atoms with Gasteiger partial charge in [0.15, 0.2) is 0 Å². The molecular weight excluding hydrogens is 140 g/mol. The molecule has 0 bridgehead atoms. The Labute approximate surface area is 65.6 Å². The van der Waals surface area contributed by atoms with E-state index in [1.807, 2.05) is 0 Å². The summed E-state index contributed by atoms with van der Waals surface area (Å²) in [5.74, 6) is 0. The summed E-state index contributed by atoms with van der Waals surface area (Å²) in [6.45, 7) is 0. The van der Waals surface area contributed by atoms with Crippen LogP contribution in [0.25, 0.3) is 0 Å². The predicted molar refractivity (Wildman–Crippen MR) is 42.5 cm³/mol. The van der Waals surface area contributed by atoms with E-state index in [1.54, 1.807) is 18.6 Å². The van der Waals surface area contributed by atoms with Crippen molar-refractivity contribution in [3.63, 3.8) is 0 Å². The molecule has 0 fully saturated rings. The van der Waals surface area contributed by atoms with Crippen molar-refractivity contribution in [3.8, 4) is 0 Å². The lowest BCUT2D eigenvalue weighted by molar-refractivity contribution is 0.631. The number of nitrogens with two attached hydrogens (primary N) is 2. The van der Waals surface area contributed by atoms with Crippen molar-refractivity contribution in [1.82, 2.24) is 9.97 Å². The summed E-state index contributed by atoms with van der Waals surface area (Å²) in [5, 5.41) is 0. The smallest absolute Gasteiger partial charge is 0.0587 e. The van der Waals surface area contributed by atoms with Crippen LogP contribution in [0.2, 0.25) is 0 Å². The van der Waals surface area contributed by atoms with Crippen LogP contribution in [0.3, 0.4) is 0 Å². The molecule has 1 rings (SSSR count). The standard InChI is InChI=1S/C7H12N4/c8-7(9)2-1-6-5-10-3-4-11-6/h3-5,7H,1-2,8-9H2. The average molecular weight is 152 g/mol. The highest BCUT2D eigenvalue weighted by Crippen LogP contribution is 1.95. The van der Waals surface area contributed by atoms with Crippen molar-refractivity contribution in [3.05, 3.63) is 24.3 Å². The molecule has 4 nitrogen and oxygen atoms in total. The summed E-state index contributed by atoms with van der Waals surface area (Å²) in [7, 11) is 0. The average Bonchev–Trinajstić information content (AvgIpc) is 2.03. The van der Waals surface area contributed by atoms with E-state index in [4.69, 9.17) is 11.5 Å². The number of nitrogens with zero attached hydrogens (tertiary/aromatic N) is 2. The van der Waals surface area contributed by atoms with E-state index in [0.717, 1.165) is 18.5 Å². The molecule has 60 valence electrons. The number of rotatable bonds is 3. The number of hydrogen-bond acceptors (Lipinski definition) is 4. The Bertz CT molecular complexity index is 197. The van der Waals surface area contributed by atoms with Gasteiger partial charge in [-0.05, 0) is 12.8 Å². The zero-order valence-electron chi connectivity index (χ0n) is 6.27. The molecule has 1 aromatic heterocycles. The first-order chi connectivity index (χ1) is 5.29. The van der Waals surface area contributed by atoms with Crippen molar-refractivity contribution in [2.75, 3.05) is 0 Å². The van der Waals surface area contributed by atoms with Crippen LogP contribution in [0.1, 0.15) is 12.1 Å². The van der Waals surface area contributed by atoms with E-state index < -0.39 is 0 Å². The molecule has 11 heavy (non-hydrogen) atoms. The van der Waals surface area contributed by atoms with Gasteiger partial charge in [0.2, 0.25) is 0 Å². The lowest BCUT2D eigenvalue weighted by Crippen LogP contribution is -2.30. The van der Waals surface area contributed by atoms with Crippen LogP contribution in [0.5, 0.6) is 0 Å². The normalized spacial score (nSPS) is 10.5. The zero-order valence-corrected chi connectivity index (χ0v) is 6.27. The molecule has 4 N–H and O–H groups in total. The summed E-state index contributed by atoms with van der Waals surface area (Å²) < 4.78 is 0. The van der Waals surface area contributed by atoms with Crippen LogP contribution in [0.4, 0.5) is 0 Å². The summed E-state index contributed by atoms with van der Waals surface area (Å²) in [6.07, 6.45) is 6.33. The summed E-state index contributed by atoms with van der Waals surface area (Å²) >= 11 is 0. The Balaban J connectivity index is 2.39. The van der Waals surface area contributed by atoms with E-state index >= 15 is 0 Å². The monoisotopic (exact) mass is 152 g/mol. The molecule has 1 aromatic rings.